The molecule has 0 aliphatic rings. The predicted octanol–water partition coefficient (Wildman–Crippen LogP) is 0.393. The molecule has 0 aliphatic heterocycles. The molecule has 0 amide bonds. The molecular formula is C4H12OSi. The maximum Gasteiger partial charge on any atom is 0.0648 e. The van der Waals surface area contributed by atoms with Gasteiger partial charge in [0.05, 0.1) is 8.80 Å². The molecule has 1 atom stereocenters. The molecule has 0 heterocycles. The Morgan fingerprint density at radius 1 is 1.50 bits per heavy atom. The van der Waals surface area contributed by atoms with Gasteiger partial charge >= 0.3 is 0 Å². The van der Waals surface area contributed by atoms with Crippen molar-refractivity contribution in [3.8, 4) is 0 Å². The van der Waals surface area contributed by atoms with Crippen LogP contribution in [0, 0.1) is 0 Å². The van der Waals surface area contributed by atoms with E-state index in [1.807, 2.05) is 6.92 Å². The fourth-order valence-corrected chi connectivity index (χ4v) is 0. The van der Waals surface area contributed by atoms with Crippen LogP contribution in [0.3, 0.4) is 0 Å². The second kappa shape index (κ2) is 2.37. The van der Waals surface area contributed by atoms with Crippen LogP contribution >= 0.6 is 0 Å². The van der Waals surface area contributed by atoms with Crippen LogP contribution in [0.4, 0.5) is 0 Å². The van der Waals surface area contributed by atoms with E-state index in [1.54, 1.807) is 0 Å². The molecule has 0 spiro atoms. The summed E-state index contributed by atoms with van der Waals surface area (Å²) in [7, 11) is -0.688. The highest BCUT2D eigenvalue weighted by atomic mass is 28.3. The second-order valence-corrected chi connectivity index (χ2v) is 5.44. The Labute approximate surface area is 40.6 Å². The van der Waals surface area contributed by atoms with E-state index in [-0.39, 0.29) is 5.73 Å². The number of aliphatic hydroxyl groups excluding tert-OH is 1. The maximum absolute atomic E-state index is 8.69. The Bertz CT molecular complexity index is 28.5. The van der Waals surface area contributed by atoms with Gasteiger partial charge in [0, 0.05) is 5.73 Å². The van der Waals surface area contributed by atoms with Gasteiger partial charge < -0.3 is 5.11 Å². The first-order chi connectivity index (χ1) is 2.64. The predicted molar refractivity (Wildman–Crippen MR) is 30.6 cm³/mol. The van der Waals surface area contributed by atoms with Crippen LogP contribution in [-0.2, 0) is 0 Å². The highest BCUT2D eigenvalue weighted by Crippen LogP contribution is 1.85. The standard InChI is InChI=1S/C4H12OSi/c1-4(5)6(2)3/h4-6H,1-3H3. The average molecular weight is 104 g/mol. The van der Waals surface area contributed by atoms with Crippen LogP contribution in [0.2, 0.25) is 13.1 Å². The van der Waals surface area contributed by atoms with E-state index >= 15 is 0 Å². The fraction of sp³-hybridized carbons (Fsp3) is 1.00. The van der Waals surface area contributed by atoms with Gasteiger partial charge in [-0.1, -0.05) is 13.1 Å². The molecule has 0 fully saturated rings. The van der Waals surface area contributed by atoms with E-state index in [0.717, 1.165) is 0 Å². The van der Waals surface area contributed by atoms with Crippen LogP contribution < -0.4 is 0 Å². The summed E-state index contributed by atoms with van der Waals surface area (Å²) in [5.74, 6) is 0. The average Bonchev–Trinajstić information content (AvgIpc) is 1.36. The first-order valence-corrected chi connectivity index (χ1v) is 5.30. The Balaban J connectivity index is 2.99. The number of hydrogen-bond donors (Lipinski definition) is 1. The van der Waals surface area contributed by atoms with Gasteiger partial charge in [0.25, 0.3) is 0 Å². The molecule has 1 unspecified atom stereocenters. The lowest BCUT2D eigenvalue weighted by molar-refractivity contribution is 0.269. The van der Waals surface area contributed by atoms with E-state index < -0.39 is 8.80 Å². The summed E-state index contributed by atoms with van der Waals surface area (Å²) in [5.41, 5.74) is -0.00926. The minimum Gasteiger partial charge on any atom is -0.397 e. The fourth-order valence-electron chi connectivity index (χ4n) is 0. The molecule has 1 nitrogen and oxygen atoms in total. The summed E-state index contributed by atoms with van der Waals surface area (Å²) in [6, 6.07) is 0. The van der Waals surface area contributed by atoms with Gasteiger partial charge in [0.15, 0.2) is 0 Å². The van der Waals surface area contributed by atoms with Gasteiger partial charge in [0.2, 0.25) is 0 Å². The van der Waals surface area contributed by atoms with E-state index in [1.165, 1.54) is 0 Å². The molecule has 0 saturated carbocycles. The van der Waals surface area contributed by atoms with E-state index in [0.29, 0.717) is 0 Å². The van der Waals surface area contributed by atoms with Crippen LogP contribution in [0.1, 0.15) is 6.92 Å². The molecule has 0 bridgehead atoms. The highest BCUT2D eigenvalue weighted by Gasteiger charge is 1.99. The molecule has 0 aromatic carbocycles. The van der Waals surface area contributed by atoms with Crippen LogP contribution in [0.5, 0.6) is 0 Å². The van der Waals surface area contributed by atoms with Crippen LogP contribution in [0.25, 0.3) is 0 Å². The minimum atomic E-state index is -0.688. The molecule has 2 heteroatoms. The third kappa shape index (κ3) is 2.42. The van der Waals surface area contributed by atoms with Crippen molar-refractivity contribution in [3.63, 3.8) is 0 Å². The van der Waals surface area contributed by atoms with Crippen molar-refractivity contribution in [2.24, 2.45) is 0 Å². The lowest BCUT2D eigenvalue weighted by Gasteiger charge is -2.02. The zero-order chi connectivity index (χ0) is 5.15. The Morgan fingerprint density at radius 2 is 1.67 bits per heavy atom. The number of aliphatic hydroxyl groups is 1. The SMILES string of the molecule is CC(O)[SiH](C)C. The van der Waals surface area contributed by atoms with Gasteiger partial charge in [-0.3, -0.25) is 0 Å². The van der Waals surface area contributed by atoms with Crippen molar-refractivity contribution in [3.05, 3.63) is 0 Å². The van der Waals surface area contributed by atoms with E-state index in [9.17, 15) is 0 Å². The smallest absolute Gasteiger partial charge is 0.0648 e. The summed E-state index contributed by atoms with van der Waals surface area (Å²) < 4.78 is 0. The maximum atomic E-state index is 8.69. The third-order valence-corrected chi connectivity index (χ3v) is 2.89. The molecule has 0 aromatic heterocycles. The van der Waals surface area contributed by atoms with Gasteiger partial charge in [-0.15, -0.1) is 0 Å². The molecule has 6 heavy (non-hydrogen) atoms. The van der Waals surface area contributed by atoms with E-state index in [2.05, 4.69) is 13.1 Å². The monoisotopic (exact) mass is 104 g/mol. The molecule has 0 rings (SSSR count). The first kappa shape index (κ1) is 6.18. The summed E-state index contributed by atoms with van der Waals surface area (Å²) in [5, 5.41) is 8.69. The molecule has 38 valence electrons. The quantitative estimate of drug-likeness (QED) is 0.477. The molecule has 0 aromatic rings. The molecule has 1 N–H and O–H groups in total. The normalized spacial score (nSPS) is 15.5. The van der Waals surface area contributed by atoms with Gasteiger partial charge in [-0.05, 0) is 6.92 Å². The van der Waals surface area contributed by atoms with Crippen LogP contribution in [-0.4, -0.2) is 19.6 Å². The van der Waals surface area contributed by atoms with Crippen molar-refractivity contribution in [1.82, 2.24) is 0 Å². The topological polar surface area (TPSA) is 20.2 Å². The lowest BCUT2D eigenvalue weighted by atomic mass is 10.9. The Hall–Kier alpha value is 0.177. The van der Waals surface area contributed by atoms with Crippen molar-refractivity contribution in [2.45, 2.75) is 25.7 Å². The number of rotatable bonds is 1. The molecule has 0 radical (unpaired) electrons. The van der Waals surface area contributed by atoms with Crippen molar-refractivity contribution < 1.29 is 5.11 Å². The summed E-state index contributed by atoms with van der Waals surface area (Å²) in [4.78, 5) is 0. The lowest BCUT2D eigenvalue weighted by Crippen LogP contribution is -2.19. The van der Waals surface area contributed by atoms with Gasteiger partial charge in [-0.25, -0.2) is 0 Å². The molecule has 0 aliphatic carbocycles. The van der Waals surface area contributed by atoms with Crippen molar-refractivity contribution >= 4 is 8.80 Å². The summed E-state index contributed by atoms with van der Waals surface area (Å²) >= 11 is 0. The van der Waals surface area contributed by atoms with Crippen molar-refractivity contribution in [2.75, 3.05) is 0 Å². The highest BCUT2D eigenvalue weighted by molar-refractivity contribution is 6.56. The minimum absolute atomic E-state index is 0.00926. The Morgan fingerprint density at radius 3 is 1.67 bits per heavy atom. The zero-order valence-corrected chi connectivity index (χ0v) is 5.76. The number of hydrogen-bond acceptors (Lipinski definition) is 1. The van der Waals surface area contributed by atoms with E-state index in [4.69, 9.17) is 5.11 Å². The second-order valence-electron chi connectivity index (χ2n) is 1.98. The molecular weight excluding hydrogens is 92.1 g/mol. The van der Waals surface area contributed by atoms with Gasteiger partial charge in [0.1, 0.15) is 0 Å². The summed E-state index contributed by atoms with van der Waals surface area (Å²) in [6.45, 7) is 6.12. The van der Waals surface area contributed by atoms with Crippen LogP contribution in [0.15, 0.2) is 0 Å². The first-order valence-electron chi connectivity index (χ1n) is 2.32. The van der Waals surface area contributed by atoms with Gasteiger partial charge in [-0.2, -0.15) is 0 Å². The zero-order valence-electron chi connectivity index (χ0n) is 4.60. The van der Waals surface area contributed by atoms with Crippen molar-refractivity contribution in [1.29, 1.82) is 0 Å². The summed E-state index contributed by atoms with van der Waals surface area (Å²) in [6.07, 6.45) is 0. The third-order valence-electron chi connectivity index (χ3n) is 0.965. The Kier molecular flexibility index (Phi) is 2.44. The largest absolute Gasteiger partial charge is 0.397 e. The molecule has 0 saturated heterocycles.